The lowest BCUT2D eigenvalue weighted by atomic mass is 9.93. The van der Waals surface area contributed by atoms with Gasteiger partial charge in [0.2, 0.25) is 0 Å². The summed E-state index contributed by atoms with van der Waals surface area (Å²) in [7, 11) is -3.76. The lowest BCUT2D eigenvalue weighted by Gasteiger charge is -2.36. The highest BCUT2D eigenvalue weighted by atomic mass is 31.2. The number of hydrogen-bond donors (Lipinski definition) is 2. The number of H-pyrrole nitrogens is 1. The summed E-state index contributed by atoms with van der Waals surface area (Å²) in [4.78, 5) is 25.5. The smallest absolute Gasteiger partial charge is 0.347 e. The lowest BCUT2D eigenvalue weighted by molar-refractivity contribution is -0.0759. The molecule has 4 rings (SSSR count). The van der Waals surface area contributed by atoms with E-state index in [-0.39, 0.29) is 12.7 Å². The summed E-state index contributed by atoms with van der Waals surface area (Å²) >= 11 is 0. The summed E-state index contributed by atoms with van der Waals surface area (Å²) in [6.07, 6.45) is 2.52. The molecule has 1 saturated carbocycles. The van der Waals surface area contributed by atoms with E-state index in [0.29, 0.717) is 0 Å². The van der Waals surface area contributed by atoms with E-state index in [9.17, 15) is 14.2 Å². The Hall–Kier alpha value is -1.29. The highest BCUT2D eigenvalue weighted by Crippen LogP contribution is 2.59. The van der Waals surface area contributed by atoms with Gasteiger partial charge in [0, 0.05) is 12.3 Å². The van der Waals surface area contributed by atoms with Gasteiger partial charge in [-0.15, -0.1) is 0 Å². The number of hydrogen-bond acceptors (Lipinski definition) is 8. The maximum absolute atomic E-state index is 12.9. The van der Waals surface area contributed by atoms with Gasteiger partial charge in [-0.05, 0) is 19.8 Å². The summed E-state index contributed by atoms with van der Waals surface area (Å²) in [5, 5.41) is 0. The number of fused-ring (bicyclic) bond motifs is 1. The van der Waals surface area contributed by atoms with Crippen molar-refractivity contribution in [2.24, 2.45) is 5.73 Å². The molecule has 1 aromatic rings. The molecule has 3 fully saturated rings. The van der Waals surface area contributed by atoms with Crippen molar-refractivity contribution < 1.29 is 22.9 Å². The van der Waals surface area contributed by atoms with Gasteiger partial charge in [0.1, 0.15) is 12.2 Å². The van der Waals surface area contributed by atoms with Crippen molar-refractivity contribution in [3.05, 3.63) is 33.1 Å². The van der Waals surface area contributed by atoms with E-state index >= 15 is 0 Å². The first-order valence-electron chi connectivity index (χ1n) is 8.66. The second-order valence-electron chi connectivity index (χ2n) is 7.19. The molecule has 5 atom stereocenters. The maximum Gasteiger partial charge on any atom is 0.475 e. The van der Waals surface area contributed by atoms with Gasteiger partial charge in [-0.1, -0.05) is 12.8 Å². The molecule has 26 heavy (non-hydrogen) atoms. The SMILES string of the molecule is C[C@@]1(N)[C@@H]2O[P@](=O)(OC3CCCC3)OC[C@H]2O[C@H]1n1ccc(=O)[nH]c1=O. The van der Waals surface area contributed by atoms with Crippen molar-refractivity contribution >= 4 is 7.82 Å². The minimum Gasteiger partial charge on any atom is -0.347 e. The van der Waals surface area contributed by atoms with Gasteiger partial charge in [0.25, 0.3) is 5.56 Å². The number of ether oxygens (including phenoxy) is 1. The zero-order chi connectivity index (χ0) is 18.5. The van der Waals surface area contributed by atoms with Crippen molar-refractivity contribution in [2.45, 2.75) is 62.7 Å². The number of phosphoric acid groups is 1. The first-order valence-corrected chi connectivity index (χ1v) is 10.1. The van der Waals surface area contributed by atoms with E-state index in [2.05, 4.69) is 4.98 Å². The molecule has 3 aliphatic rings. The minimum absolute atomic E-state index is 0.0178. The third kappa shape index (κ3) is 3.11. The molecule has 1 aliphatic carbocycles. The maximum atomic E-state index is 12.9. The summed E-state index contributed by atoms with van der Waals surface area (Å²) in [5.41, 5.74) is 4.05. The van der Waals surface area contributed by atoms with E-state index in [0.717, 1.165) is 25.7 Å². The second kappa shape index (κ2) is 6.40. The van der Waals surface area contributed by atoms with Crippen LogP contribution in [0.15, 0.2) is 21.9 Å². The van der Waals surface area contributed by atoms with Crippen LogP contribution in [-0.4, -0.2) is 40.0 Å². The topological polar surface area (TPSA) is 135 Å². The van der Waals surface area contributed by atoms with Crippen molar-refractivity contribution in [1.82, 2.24) is 9.55 Å². The Bertz CT molecular complexity index is 844. The molecule has 3 N–H and O–H groups in total. The molecule has 3 heterocycles. The average Bonchev–Trinajstić information content (AvgIpc) is 3.14. The Balaban J connectivity index is 1.58. The Kier molecular flexibility index (Phi) is 4.45. The van der Waals surface area contributed by atoms with Crippen LogP contribution in [0.1, 0.15) is 38.8 Å². The van der Waals surface area contributed by atoms with Gasteiger partial charge in [-0.25, -0.2) is 9.36 Å². The highest BCUT2D eigenvalue weighted by molar-refractivity contribution is 7.48. The zero-order valence-corrected chi connectivity index (χ0v) is 15.2. The van der Waals surface area contributed by atoms with Gasteiger partial charge in [-0.3, -0.25) is 27.9 Å². The number of aromatic amines is 1. The van der Waals surface area contributed by atoms with E-state index in [1.165, 1.54) is 16.8 Å². The molecule has 144 valence electrons. The Morgan fingerprint density at radius 1 is 1.38 bits per heavy atom. The third-order valence-electron chi connectivity index (χ3n) is 5.11. The molecule has 10 nitrogen and oxygen atoms in total. The molecule has 2 saturated heterocycles. The Labute approximate surface area is 149 Å². The lowest BCUT2D eigenvalue weighted by Crippen LogP contribution is -2.55. The molecule has 0 amide bonds. The fourth-order valence-electron chi connectivity index (χ4n) is 3.78. The number of aromatic nitrogens is 2. The number of nitrogens with one attached hydrogen (secondary N) is 1. The fraction of sp³-hybridized carbons (Fsp3) is 0.733. The Morgan fingerprint density at radius 3 is 2.81 bits per heavy atom. The molecule has 0 unspecified atom stereocenters. The van der Waals surface area contributed by atoms with Crippen molar-refractivity contribution in [3.63, 3.8) is 0 Å². The van der Waals surface area contributed by atoms with Crippen LogP contribution in [-0.2, 0) is 22.9 Å². The van der Waals surface area contributed by atoms with E-state index < -0.39 is 43.0 Å². The van der Waals surface area contributed by atoms with Crippen molar-refractivity contribution in [2.75, 3.05) is 6.61 Å². The van der Waals surface area contributed by atoms with Crippen LogP contribution in [0, 0.1) is 0 Å². The quantitative estimate of drug-likeness (QED) is 0.721. The summed E-state index contributed by atoms with van der Waals surface area (Å²) in [6.45, 7) is 1.63. The van der Waals surface area contributed by atoms with Crippen LogP contribution in [0.25, 0.3) is 0 Å². The van der Waals surface area contributed by atoms with Gasteiger partial charge in [0.15, 0.2) is 6.23 Å². The van der Waals surface area contributed by atoms with Crippen LogP contribution in [0.2, 0.25) is 0 Å². The molecule has 0 bridgehead atoms. The van der Waals surface area contributed by atoms with Crippen LogP contribution >= 0.6 is 7.82 Å². The minimum atomic E-state index is -3.76. The van der Waals surface area contributed by atoms with E-state index in [1.807, 2.05) is 0 Å². The van der Waals surface area contributed by atoms with Gasteiger partial charge in [-0.2, -0.15) is 0 Å². The zero-order valence-electron chi connectivity index (χ0n) is 14.3. The molecule has 1 aromatic heterocycles. The van der Waals surface area contributed by atoms with Crippen LogP contribution in [0.5, 0.6) is 0 Å². The van der Waals surface area contributed by atoms with Gasteiger partial charge < -0.3 is 10.5 Å². The summed E-state index contributed by atoms with van der Waals surface area (Å²) in [6, 6.07) is 1.20. The standard InChI is InChI=1S/C15H22N3O7P/c1-15(16)12-10(23-13(15)18-7-6-11(19)17-14(18)20)8-22-26(21,25-12)24-9-4-2-3-5-9/h6-7,9-10,12-13H,2-5,8,16H2,1H3,(H,17,19,20)/t10-,12-,13-,15-,26+/m1/s1. The van der Waals surface area contributed by atoms with Crippen LogP contribution < -0.4 is 17.0 Å². The molecule has 2 aliphatic heterocycles. The van der Waals surface area contributed by atoms with Gasteiger partial charge >= 0.3 is 13.5 Å². The molecule has 0 aromatic carbocycles. The normalized spacial score (nSPS) is 40.6. The summed E-state index contributed by atoms with van der Waals surface area (Å²) < 4.78 is 36.5. The third-order valence-corrected chi connectivity index (χ3v) is 6.62. The van der Waals surface area contributed by atoms with E-state index in [4.69, 9.17) is 24.0 Å². The monoisotopic (exact) mass is 387 g/mol. The second-order valence-corrected chi connectivity index (χ2v) is 8.77. The number of phosphoric ester groups is 1. The first-order chi connectivity index (χ1) is 12.3. The largest absolute Gasteiger partial charge is 0.475 e. The molecule has 0 spiro atoms. The molecular formula is C15H22N3O7P. The molecule has 11 heteroatoms. The van der Waals surface area contributed by atoms with Crippen molar-refractivity contribution in [3.8, 4) is 0 Å². The highest BCUT2D eigenvalue weighted by Gasteiger charge is 2.59. The predicted octanol–water partition coefficient (Wildman–Crippen LogP) is 0.634. The predicted molar refractivity (Wildman–Crippen MR) is 89.6 cm³/mol. The Morgan fingerprint density at radius 2 is 2.12 bits per heavy atom. The summed E-state index contributed by atoms with van der Waals surface area (Å²) in [5.74, 6) is 0. The van der Waals surface area contributed by atoms with Gasteiger partial charge in [0.05, 0.1) is 18.2 Å². The molecule has 0 radical (unpaired) electrons. The number of rotatable bonds is 3. The van der Waals surface area contributed by atoms with Crippen LogP contribution in [0.3, 0.4) is 0 Å². The van der Waals surface area contributed by atoms with Crippen LogP contribution in [0.4, 0.5) is 0 Å². The average molecular weight is 387 g/mol. The first kappa shape index (κ1) is 18.1. The number of nitrogens with zero attached hydrogens (tertiary/aromatic N) is 1. The number of nitrogens with two attached hydrogens (primary N) is 1. The fourth-order valence-corrected chi connectivity index (χ4v) is 5.49. The van der Waals surface area contributed by atoms with Crippen molar-refractivity contribution in [1.29, 1.82) is 0 Å². The van der Waals surface area contributed by atoms with E-state index in [1.54, 1.807) is 6.92 Å². The molecular weight excluding hydrogens is 365 g/mol.